The molecule has 0 saturated carbocycles. The fourth-order valence-electron chi connectivity index (χ4n) is 4.55. The quantitative estimate of drug-likeness (QED) is 0.465. The van der Waals surface area contributed by atoms with Crippen molar-refractivity contribution in [2.45, 2.75) is 26.7 Å². The zero-order valence-electron chi connectivity index (χ0n) is 16.2. The monoisotopic (exact) mass is 366 g/mol. The molecule has 0 N–H and O–H groups in total. The van der Waals surface area contributed by atoms with E-state index >= 15 is 0 Å². The Hall–Kier alpha value is -2.64. The van der Waals surface area contributed by atoms with Gasteiger partial charge in [0.15, 0.2) is 0 Å². The van der Waals surface area contributed by atoms with E-state index in [-0.39, 0.29) is 0 Å². The van der Waals surface area contributed by atoms with E-state index in [1.165, 1.54) is 26.7 Å². The van der Waals surface area contributed by atoms with Crippen molar-refractivity contribution in [2.24, 2.45) is 0 Å². The summed E-state index contributed by atoms with van der Waals surface area (Å²) in [6, 6.07) is 31.4. The molecule has 0 unspecified atom stereocenters. The third kappa shape index (κ3) is 3.02. The Balaban J connectivity index is 2.15. The van der Waals surface area contributed by atoms with E-state index in [4.69, 9.17) is 0 Å². The van der Waals surface area contributed by atoms with Crippen molar-refractivity contribution in [3.63, 3.8) is 0 Å². The first-order valence-corrected chi connectivity index (χ1v) is 11.8. The Labute approximate surface area is 163 Å². The van der Waals surface area contributed by atoms with Crippen molar-refractivity contribution in [3.8, 4) is 0 Å². The maximum absolute atomic E-state index is 2.52. The van der Waals surface area contributed by atoms with Crippen molar-refractivity contribution < 1.29 is 0 Å². The molecule has 3 aromatic rings. The van der Waals surface area contributed by atoms with Crippen molar-refractivity contribution in [2.75, 3.05) is 0 Å². The molecular weight excluding hydrogens is 340 g/mol. The summed E-state index contributed by atoms with van der Waals surface area (Å²) < 4.78 is 0. The van der Waals surface area contributed by atoms with E-state index in [0.717, 1.165) is 12.8 Å². The Kier molecular flexibility index (Phi) is 4.96. The molecule has 0 fully saturated rings. The summed E-state index contributed by atoms with van der Waals surface area (Å²) in [5, 5.41) is 5.99. The summed E-state index contributed by atoms with van der Waals surface area (Å²) in [6.07, 6.45) is 7.24. The van der Waals surface area contributed by atoms with Crippen molar-refractivity contribution in [1.29, 1.82) is 0 Å². The molecule has 0 bridgehead atoms. The topological polar surface area (TPSA) is 0 Å². The van der Waals surface area contributed by atoms with E-state index in [1.807, 2.05) is 0 Å². The van der Waals surface area contributed by atoms with Gasteiger partial charge in [-0.25, -0.2) is 0 Å². The first-order valence-electron chi connectivity index (χ1n) is 9.79. The van der Waals surface area contributed by atoms with E-state index in [1.54, 1.807) is 5.20 Å². The van der Waals surface area contributed by atoms with Crippen LogP contribution in [0.4, 0.5) is 0 Å². The lowest BCUT2D eigenvalue weighted by Gasteiger charge is -2.51. The average Bonchev–Trinajstić information content (AvgIpc) is 2.73. The van der Waals surface area contributed by atoms with Gasteiger partial charge in [0.25, 0.3) is 0 Å². The largest absolute Gasteiger partial charge is 0.173 e. The molecule has 1 aliphatic carbocycles. The third-order valence-electron chi connectivity index (χ3n) is 5.76. The maximum atomic E-state index is 2.52. The minimum atomic E-state index is -2.34. The Morgan fingerprint density at radius 2 is 1.11 bits per heavy atom. The van der Waals surface area contributed by atoms with Gasteiger partial charge < -0.3 is 0 Å². The molecule has 0 radical (unpaired) electrons. The minimum absolute atomic E-state index is 1.13. The second-order valence-corrected chi connectivity index (χ2v) is 11.1. The van der Waals surface area contributed by atoms with Gasteiger partial charge in [-0.15, -0.1) is 6.08 Å². The highest BCUT2D eigenvalue weighted by Crippen LogP contribution is 2.28. The van der Waals surface area contributed by atoms with Gasteiger partial charge in [-0.3, -0.25) is 0 Å². The van der Waals surface area contributed by atoms with Gasteiger partial charge in [0.05, 0.1) is 0 Å². The lowest BCUT2D eigenvalue weighted by Crippen LogP contribution is -2.69. The number of rotatable bonds is 4. The molecule has 0 aromatic heterocycles. The predicted octanol–water partition coefficient (Wildman–Crippen LogP) is 4.67. The van der Waals surface area contributed by atoms with Crippen LogP contribution in [-0.2, 0) is 0 Å². The highest BCUT2D eigenvalue weighted by Gasteiger charge is 2.31. The van der Waals surface area contributed by atoms with Crippen molar-refractivity contribution in [3.05, 3.63) is 113 Å². The fourth-order valence-corrected chi connectivity index (χ4v) is 9.97. The lowest BCUT2D eigenvalue weighted by atomic mass is 10.1. The molecular formula is C26H26Si-. The van der Waals surface area contributed by atoms with E-state index in [9.17, 15) is 0 Å². The fraction of sp³-hybridized carbons (Fsp3) is 0.154. The molecule has 4 rings (SSSR count). The van der Waals surface area contributed by atoms with Gasteiger partial charge in [-0.05, 0) is 34.8 Å². The molecule has 3 aromatic carbocycles. The first kappa shape index (κ1) is 17.8. The van der Waals surface area contributed by atoms with Crippen LogP contribution in [0.2, 0.25) is 0 Å². The molecule has 0 saturated heterocycles. The number of hydrogen-bond donors (Lipinski definition) is 0. The zero-order valence-corrected chi connectivity index (χ0v) is 17.2. The van der Waals surface area contributed by atoms with Crippen LogP contribution in [0.1, 0.15) is 25.3 Å². The van der Waals surface area contributed by atoms with Crippen LogP contribution < -0.4 is 15.6 Å². The highest BCUT2D eigenvalue weighted by atomic mass is 28.3. The molecule has 1 aliphatic rings. The van der Waals surface area contributed by atoms with Crippen molar-refractivity contribution in [1.82, 2.24) is 0 Å². The summed E-state index contributed by atoms with van der Waals surface area (Å²) in [5.74, 6) is 0. The summed E-state index contributed by atoms with van der Waals surface area (Å²) in [4.78, 5) is 0. The average molecular weight is 367 g/mol. The van der Waals surface area contributed by atoms with Crippen LogP contribution in [0.25, 0.3) is 0 Å². The van der Waals surface area contributed by atoms with Gasteiger partial charge in [-0.2, -0.15) is 20.8 Å². The molecule has 0 atom stereocenters. The smallest absolute Gasteiger partial charge is 0.0269 e. The number of benzene rings is 3. The van der Waals surface area contributed by atoms with Gasteiger partial charge in [0.1, 0.15) is 0 Å². The second kappa shape index (κ2) is 7.54. The van der Waals surface area contributed by atoms with E-state index in [2.05, 4.69) is 111 Å². The van der Waals surface area contributed by atoms with Crippen LogP contribution in [0.5, 0.6) is 0 Å². The summed E-state index contributed by atoms with van der Waals surface area (Å²) in [6.45, 7) is 4.57. The van der Waals surface area contributed by atoms with Crippen LogP contribution in [-0.4, -0.2) is 8.07 Å². The first-order chi connectivity index (χ1) is 13.2. The van der Waals surface area contributed by atoms with Gasteiger partial charge in [0, 0.05) is 0 Å². The lowest BCUT2D eigenvalue weighted by molar-refractivity contribution is 1.01. The maximum Gasteiger partial charge on any atom is -0.0269 e. The Morgan fingerprint density at radius 1 is 0.593 bits per heavy atom. The SMILES string of the molecule is CC1=CCCC=C1[Si-](c1ccccc1)(c1ccccc1)c1ccccc1C. The standard InChI is InChI=1S/C26H26Si/c1-21-13-9-11-19-25(21)27(23-15-5-3-6-16-23,24-17-7-4-8-18-24)26-20-12-10-14-22(26)2/h3-9,11,13-20H,10,12H2,1-2H3/q-1. The van der Waals surface area contributed by atoms with Crippen LogP contribution in [0.15, 0.2) is 108 Å². The zero-order chi connectivity index (χ0) is 18.7. The summed E-state index contributed by atoms with van der Waals surface area (Å²) in [5.41, 5.74) is 2.83. The Morgan fingerprint density at radius 3 is 1.67 bits per heavy atom. The highest BCUT2D eigenvalue weighted by molar-refractivity contribution is 7.16. The summed E-state index contributed by atoms with van der Waals surface area (Å²) in [7, 11) is -2.34. The Bertz CT molecular complexity index is 941. The van der Waals surface area contributed by atoms with Gasteiger partial charge in [0.2, 0.25) is 0 Å². The summed E-state index contributed by atoms with van der Waals surface area (Å²) >= 11 is 0. The number of allylic oxidation sites excluding steroid dienone is 4. The number of aryl methyl sites for hydroxylation is 1. The van der Waals surface area contributed by atoms with Crippen LogP contribution in [0, 0.1) is 6.92 Å². The molecule has 0 amide bonds. The minimum Gasteiger partial charge on any atom is -0.173 e. The molecule has 0 spiro atoms. The van der Waals surface area contributed by atoms with E-state index < -0.39 is 8.07 Å². The molecule has 135 valence electrons. The molecule has 0 heterocycles. The molecule has 1 heteroatoms. The van der Waals surface area contributed by atoms with Gasteiger partial charge in [-0.1, -0.05) is 102 Å². The van der Waals surface area contributed by atoms with Crippen LogP contribution >= 0.6 is 0 Å². The van der Waals surface area contributed by atoms with Gasteiger partial charge >= 0.3 is 0 Å². The van der Waals surface area contributed by atoms with Crippen molar-refractivity contribution >= 4 is 23.6 Å². The predicted molar refractivity (Wildman–Crippen MR) is 120 cm³/mol. The number of hydrogen-bond acceptors (Lipinski definition) is 0. The second-order valence-electron chi connectivity index (χ2n) is 7.38. The molecule has 0 aliphatic heterocycles. The normalized spacial score (nSPS) is 14.4. The van der Waals surface area contributed by atoms with Crippen LogP contribution in [0.3, 0.4) is 0 Å². The third-order valence-corrected chi connectivity index (χ3v) is 10.9. The molecule has 27 heavy (non-hydrogen) atoms. The van der Waals surface area contributed by atoms with E-state index in [0.29, 0.717) is 0 Å². The molecule has 0 nitrogen and oxygen atoms in total.